The number of carbonyl (C=O) groups is 2. The van der Waals surface area contributed by atoms with E-state index in [1.807, 2.05) is 48.5 Å². The SMILES string of the molecule is O=C(CSCC(=O)N1CCOCC1c1nc(-c2ccccc2)no1)c1ccccc1. The minimum atomic E-state index is -0.429. The van der Waals surface area contributed by atoms with Crippen LogP contribution in [0.25, 0.3) is 11.4 Å². The van der Waals surface area contributed by atoms with Crippen LogP contribution in [0, 0.1) is 0 Å². The van der Waals surface area contributed by atoms with Gasteiger partial charge in [0.25, 0.3) is 5.89 Å². The molecule has 3 aromatic rings. The molecule has 0 saturated carbocycles. The predicted octanol–water partition coefficient (Wildman–Crippen LogP) is 3.25. The molecule has 1 atom stereocenters. The third-order valence-corrected chi connectivity index (χ3v) is 5.68. The first-order valence-electron chi connectivity index (χ1n) is 9.64. The first kappa shape index (κ1) is 20.3. The highest BCUT2D eigenvalue weighted by Crippen LogP contribution is 2.26. The van der Waals surface area contributed by atoms with Gasteiger partial charge in [-0.3, -0.25) is 9.59 Å². The van der Waals surface area contributed by atoms with Gasteiger partial charge in [-0.1, -0.05) is 65.8 Å². The zero-order valence-corrected chi connectivity index (χ0v) is 17.1. The van der Waals surface area contributed by atoms with E-state index in [9.17, 15) is 9.59 Å². The highest BCUT2D eigenvalue weighted by molar-refractivity contribution is 8.00. The largest absolute Gasteiger partial charge is 0.377 e. The van der Waals surface area contributed by atoms with Gasteiger partial charge in [0.15, 0.2) is 5.78 Å². The first-order valence-corrected chi connectivity index (χ1v) is 10.8. The van der Waals surface area contributed by atoms with Crippen molar-refractivity contribution < 1.29 is 18.8 Å². The van der Waals surface area contributed by atoms with Crippen LogP contribution in [0.4, 0.5) is 0 Å². The second-order valence-corrected chi connectivity index (χ2v) is 7.77. The Hall–Kier alpha value is -2.97. The predicted molar refractivity (Wildman–Crippen MR) is 113 cm³/mol. The van der Waals surface area contributed by atoms with Crippen molar-refractivity contribution in [1.82, 2.24) is 15.0 Å². The van der Waals surface area contributed by atoms with Crippen LogP contribution < -0.4 is 0 Å². The Labute approximate surface area is 178 Å². The van der Waals surface area contributed by atoms with Gasteiger partial charge in [-0.25, -0.2) is 0 Å². The van der Waals surface area contributed by atoms with Gasteiger partial charge >= 0.3 is 0 Å². The molecule has 2 heterocycles. The molecule has 1 unspecified atom stereocenters. The summed E-state index contributed by atoms with van der Waals surface area (Å²) in [7, 11) is 0. The van der Waals surface area contributed by atoms with Gasteiger partial charge < -0.3 is 14.2 Å². The molecule has 4 rings (SSSR count). The number of ketones is 1. The molecule has 0 spiro atoms. The summed E-state index contributed by atoms with van der Waals surface area (Å²) in [5, 5.41) is 4.04. The molecule has 1 aromatic heterocycles. The molecule has 154 valence electrons. The molecule has 1 aliphatic heterocycles. The summed E-state index contributed by atoms with van der Waals surface area (Å²) >= 11 is 1.31. The highest BCUT2D eigenvalue weighted by Gasteiger charge is 2.33. The molecule has 30 heavy (non-hydrogen) atoms. The van der Waals surface area contributed by atoms with E-state index in [0.717, 1.165) is 5.56 Å². The van der Waals surface area contributed by atoms with E-state index < -0.39 is 6.04 Å². The maximum atomic E-state index is 12.8. The van der Waals surface area contributed by atoms with E-state index in [1.165, 1.54) is 11.8 Å². The van der Waals surface area contributed by atoms with Crippen molar-refractivity contribution in [1.29, 1.82) is 0 Å². The lowest BCUT2D eigenvalue weighted by Gasteiger charge is -2.33. The van der Waals surface area contributed by atoms with Gasteiger partial charge in [-0.05, 0) is 0 Å². The molecule has 0 N–H and O–H groups in total. The average Bonchev–Trinajstić information content (AvgIpc) is 3.30. The standard InChI is InChI=1S/C22H21N3O4S/c26-19(16-7-3-1-4-8-16)14-30-15-20(27)25-11-12-28-13-18(25)22-23-21(24-29-22)17-9-5-2-6-10-17/h1-10,18H,11-15H2. The molecule has 1 fully saturated rings. The molecule has 0 bridgehead atoms. The maximum absolute atomic E-state index is 12.8. The fraction of sp³-hybridized carbons (Fsp3) is 0.273. The number of amides is 1. The van der Waals surface area contributed by atoms with E-state index in [1.54, 1.807) is 17.0 Å². The van der Waals surface area contributed by atoms with E-state index in [4.69, 9.17) is 9.26 Å². The van der Waals surface area contributed by atoms with Gasteiger partial charge in [-0.15, -0.1) is 11.8 Å². The Kier molecular flexibility index (Phi) is 6.56. The summed E-state index contributed by atoms with van der Waals surface area (Å²) in [5.41, 5.74) is 1.50. The monoisotopic (exact) mass is 423 g/mol. The first-order chi connectivity index (χ1) is 14.7. The maximum Gasteiger partial charge on any atom is 0.252 e. The Balaban J connectivity index is 1.38. The molecule has 0 radical (unpaired) electrons. The van der Waals surface area contributed by atoms with Crippen LogP contribution >= 0.6 is 11.8 Å². The number of hydrogen-bond acceptors (Lipinski definition) is 7. The summed E-state index contributed by atoms with van der Waals surface area (Å²) < 4.78 is 11.0. The second-order valence-electron chi connectivity index (χ2n) is 6.78. The van der Waals surface area contributed by atoms with Crippen molar-refractivity contribution in [2.45, 2.75) is 6.04 Å². The third kappa shape index (κ3) is 4.77. The lowest BCUT2D eigenvalue weighted by Crippen LogP contribution is -2.44. The Morgan fingerprint density at radius 2 is 1.77 bits per heavy atom. The number of benzene rings is 2. The Morgan fingerprint density at radius 3 is 2.53 bits per heavy atom. The normalized spacial score (nSPS) is 16.4. The fourth-order valence-electron chi connectivity index (χ4n) is 3.20. The summed E-state index contributed by atoms with van der Waals surface area (Å²) in [4.78, 5) is 31.2. The van der Waals surface area contributed by atoms with Crippen LogP contribution in [-0.2, 0) is 9.53 Å². The number of nitrogens with zero attached hydrogens (tertiary/aromatic N) is 3. The van der Waals surface area contributed by atoms with Crippen LogP contribution in [0.3, 0.4) is 0 Å². The van der Waals surface area contributed by atoms with Gasteiger partial charge in [0.2, 0.25) is 11.7 Å². The number of hydrogen-bond donors (Lipinski definition) is 0. The van der Waals surface area contributed by atoms with Gasteiger partial charge in [-0.2, -0.15) is 4.98 Å². The zero-order valence-electron chi connectivity index (χ0n) is 16.3. The van der Waals surface area contributed by atoms with Crippen molar-refractivity contribution in [3.8, 4) is 11.4 Å². The lowest BCUT2D eigenvalue weighted by atomic mass is 10.2. The summed E-state index contributed by atoms with van der Waals surface area (Å²) in [6.07, 6.45) is 0. The lowest BCUT2D eigenvalue weighted by molar-refractivity contribution is -0.138. The quantitative estimate of drug-likeness (QED) is 0.539. The minimum Gasteiger partial charge on any atom is -0.377 e. The molecular formula is C22H21N3O4S. The molecule has 0 aliphatic carbocycles. The van der Waals surface area contributed by atoms with E-state index in [-0.39, 0.29) is 23.2 Å². The average molecular weight is 423 g/mol. The number of Topliss-reactive ketones (excluding diaryl/α,β-unsaturated/α-hetero) is 1. The summed E-state index contributed by atoms with van der Waals surface area (Å²) in [6, 6.07) is 18.2. The van der Waals surface area contributed by atoms with Gasteiger partial charge in [0.1, 0.15) is 6.04 Å². The number of ether oxygens (including phenoxy) is 1. The number of morpholine rings is 1. The molecule has 2 aromatic carbocycles. The molecule has 8 heteroatoms. The minimum absolute atomic E-state index is 0.0105. The highest BCUT2D eigenvalue weighted by atomic mass is 32.2. The van der Waals surface area contributed by atoms with E-state index >= 15 is 0 Å². The molecule has 7 nitrogen and oxygen atoms in total. The number of aromatic nitrogens is 2. The van der Waals surface area contributed by atoms with Gasteiger partial charge in [0, 0.05) is 17.7 Å². The van der Waals surface area contributed by atoms with Gasteiger partial charge in [0.05, 0.1) is 24.7 Å². The molecular weight excluding hydrogens is 402 g/mol. The van der Waals surface area contributed by atoms with Crippen LogP contribution in [-0.4, -0.2) is 58.0 Å². The van der Waals surface area contributed by atoms with Crippen LogP contribution in [0.2, 0.25) is 0 Å². The topological polar surface area (TPSA) is 85.5 Å². The van der Waals surface area contributed by atoms with Crippen molar-refractivity contribution in [2.75, 3.05) is 31.3 Å². The van der Waals surface area contributed by atoms with E-state index in [0.29, 0.717) is 37.0 Å². The van der Waals surface area contributed by atoms with Crippen LogP contribution in [0.1, 0.15) is 22.3 Å². The van der Waals surface area contributed by atoms with E-state index in [2.05, 4.69) is 10.1 Å². The van der Waals surface area contributed by atoms with Crippen LogP contribution in [0.15, 0.2) is 65.2 Å². The second kappa shape index (κ2) is 9.69. The Bertz CT molecular complexity index is 994. The number of rotatable bonds is 7. The fourth-order valence-corrected chi connectivity index (χ4v) is 4.00. The zero-order chi connectivity index (χ0) is 20.8. The van der Waals surface area contributed by atoms with Crippen molar-refractivity contribution in [2.24, 2.45) is 0 Å². The van der Waals surface area contributed by atoms with Crippen molar-refractivity contribution in [3.05, 3.63) is 72.1 Å². The van der Waals surface area contributed by atoms with Crippen LogP contribution in [0.5, 0.6) is 0 Å². The Morgan fingerprint density at radius 1 is 1.03 bits per heavy atom. The summed E-state index contributed by atoms with van der Waals surface area (Å²) in [5.74, 6) is 1.22. The van der Waals surface area contributed by atoms with Crippen molar-refractivity contribution >= 4 is 23.5 Å². The number of carbonyl (C=O) groups excluding carboxylic acids is 2. The van der Waals surface area contributed by atoms with Crippen molar-refractivity contribution in [3.63, 3.8) is 0 Å². The molecule has 1 saturated heterocycles. The third-order valence-electron chi connectivity index (χ3n) is 4.76. The molecule has 1 aliphatic rings. The smallest absolute Gasteiger partial charge is 0.252 e. The number of thioether (sulfide) groups is 1. The molecule has 1 amide bonds. The summed E-state index contributed by atoms with van der Waals surface area (Å²) in [6.45, 7) is 1.20.